The van der Waals surface area contributed by atoms with Crippen molar-refractivity contribution in [1.29, 1.82) is 0 Å². The largest absolute Gasteiger partial charge is 0.504 e. The zero-order valence-corrected chi connectivity index (χ0v) is 21.2. The van der Waals surface area contributed by atoms with E-state index in [1.54, 1.807) is 41.5 Å². The molecule has 2 N–H and O–H groups in total. The predicted molar refractivity (Wildman–Crippen MR) is 131 cm³/mol. The Morgan fingerprint density at radius 1 is 1.38 bits per heavy atom. The van der Waals surface area contributed by atoms with Crippen LogP contribution in [0.3, 0.4) is 0 Å². The van der Waals surface area contributed by atoms with Crippen LogP contribution in [0.5, 0.6) is 11.5 Å². The number of ether oxygens (including phenoxy) is 1. The van der Waals surface area contributed by atoms with Gasteiger partial charge in [-0.15, -0.1) is 11.3 Å². The molecule has 0 unspecified atom stereocenters. The first-order valence-electron chi connectivity index (χ1n) is 11.4. The van der Waals surface area contributed by atoms with Gasteiger partial charge in [0.1, 0.15) is 17.7 Å². The van der Waals surface area contributed by atoms with Crippen molar-refractivity contribution >= 4 is 45.0 Å². The molecule has 2 bridgehead atoms. The molecule has 1 saturated heterocycles. The highest BCUT2D eigenvalue weighted by molar-refractivity contribution is 9.10. The fraction of sp³-hybridized carbons (Fsp3) is 0.440. The Hall–Kier alpha value is -2.20. The number of phenolic OH excluding ortho intramolecular Hbond substituents is 1. The Bertz CT molecular complexity index is 1260. The Balaban J connectivity index is 1.42. The quantitative estimate of drug-likeness (QED) is 0.577. The summed E-state index contributed by atoms with van der Waals surface area (Å²) in [5.74, 6) is -0.0413. The summed E-state index contributed by atoms with van der Waals surface area (Å²) in [4.78, 5) is 31.3. The summed E-state index contributed by atoms with van der Waals surface area (Å²) >= 11 is 4.97. The molecule has 9 heteroatoms. The van der Waals surface area contributed by atoms with Crippen LogP contribution in [0.25, 0.3) is 6.08 Å². The molecule has 34 heavy (non-hydrogen) atoms. The number of carbonyl (C=O) groups is 2. The zero-order chi connectivity index (χ0) is 24.0. The smallest absolute Gasteiger partial charge is 0.246 e. The molecule has 1 saturated carbocycles. The Morgan fingerprint density at radius 2 is 2.18 bits per heavy atom. The second-order valence-corrected chi connectivity index (χ2v) is 11.7. The fourth-order valence-corrected chi connectivity index (χ4v) is 8.18. The molecule has 2 fully saturated rings. The van der Waals surface area contributed by atoms with Crippen LogP contribution in [0.4, 0.5) is 0 Å². The molecule has 1 amide bonds. The van der Waals surface area contributed by atoms with Crippen LogP contribution in [0.2, 0.25) is 0 Å². The van der Waals surface area contributed by atoms with Crippen molar-refractivity contribution in [2.45, 2.75) is 48.5 Å². The van der Waals surface area contributed by atoms with Crippen LogP contribution in [0.15, 0.2) is 34.1 Å². The molecule has 3 heterocycles. The molecule has 2 aliphatic carbocycles. The molecule has 2 aromatic rings. The standard InChI is InChI=1S/C25H25BrN2O5S/c1-27-10-9-24-19-15-4-5-17(29)21(19)33-23(24)16(7-8-25(24,32)22(27)20(15)31)28(2)18(30)6-3-14-11-13(26)12-34-14/h3-6,11-12,16,22-23,29,32H,7-10H2,1-2H3/b6-3+/t16-,22+,23-,24-,25+/m0/s1. The number of rotatable bonds is 3. The summed E-state index contributed by atoms with van der Waals surface area (Å²) in [5, 5.41) is 24.8. The summed E-state index contributed by atoms with van der Waals surface area (Å²) < 4.78 is 7.38. The van der Waals surface area contributed by atoms with Crippen molar-refractivity contribution in [2.24, 2.45) is 0 Å². The number of aliphatic hydroxyl groups is 1. The molecule has 2 aliphatic heterocycles. The summed E-state index contributed by atoms with van der Waals surface area (Å²) in [6.45, 7) is 0.616. The van der Waals surface area contributed by atoms with Crippen LogP contribution in [-0.4, -0.2) is 76.1 Å². The molecule has 1 spiro atoms. The minimum Gasteiger partial charge on any atom is -0.504 e. The van der Waals surface area contributed by atoms with Gasteiger partial charge in [-0.3, -0.25) is 14.5 Å². The van der Waals surface area contributed by atoms with E-state index >= 15 is 0 Å². The van der Waals surface area contributed by atoms with E-state index in [4.69, 9.17) is 4.74 Å². The Morgan fingerprint density at radius 3 is 2.91 bits per heavy atom. The third-order valence-corrected chi connectivity index (χ3v) is 10.0. The number of amides is 1. The predicted octanol–water partition coefficient (Wildman–Crippen LogP) is 3.18. The zero-order valence-electron chi connectivity index (χ0n) is 18.8. The van der Waals surface area contributed by atoms with Crippen LogP contribution in [0.1, 0.15) is 40.1 Å². The number of nitrogens with zero attached hydrogens (tertiary/aromatic N) is 2. The van der Waals surface area contributed by atoms with Gasteiger partial charge in [-0.25, -0.2) is 0 Å². The number of carbonyl (C=O) groups excluding carboxylic acids is 2. The van der Waals surface area contributed by atoms with Crippen LogP contribution in [0, 0.1) is 0 Å². The second-order valence-electron chi connectivity index (χ2n) is 9.82. The van der Waals surface area contributed by atoms with E-state index in [-0.39, 0.29) is 29.2 Å². The van der Waals surface area contributed by atoms with Gasteiger partial charge >= 0.3 is 0 Å². The molecule has 178 valence electrons. The van der Waals surface area contributed by atoms with E-state index < -0.39 is 23.2 Å². The van der Waals surface area contributed by atoms with Gasteiger partial charge in [0.05, 0.1) is 11.5 Å². The van der Waals surface area contributed by atoms with Crippen LogP contribution < -0.4 is 4.74 Å². The second kappa shape index (κ2) is 7.40. The van der Waals surface area contributed by atoms with Crippen molar-refractivity contribution in [3.05, 3.63) is 50.1 Å². The van der Waals surface area contributed by atoms with Gasteiger partial charge in [0, 0.05) is 39.0 Å². The maximum Gasteiger partial charge on any atom is 0.246 e. The van der Waals surface area contributed by atoms with Crippen LogP contribution in [-0.2, 0) is 10.2 Å². The molecule has 6 rings (SSSR count). The lowest BCUT2D eigenvalue weighted by molar-refractivity contribution is -0.184. The van der Waals surface area contributed by atoms with Crippen molar-refractivity contribution in [3.63, 3.8) is 0 Å². The third-order valence-electron chi connectivity index (χ3n) is 8.35. The number of benzene rings is 1. The van der Waals surface area contributed by atoms with Crippen molar-refractivity contribution in [1.82, 2.24) is 9.80 Å². The number of hydrogen-bond acceptors (Lipinski definition) is 7. The van der Waals surface area contributed by atoms with E-state index in [9.17, 15) is 19.8 Å². The lowest BCUT2D eigenvalue weighted by atomic mass is 9.48. The van der Waals surface area contributed by atoms with Crippen LogP contribution >= 0.6 is 27.3 Å². The summed E-state index contributed by atoms with van der Waals surface area (Å²) in [7, 11) is 3.64. The number of likely N-dealkylation sites (N-methyl/N-ethyl adjacent to an activating group) is 2. The number of phenols is 1. The third kappa shape index (κ3) is 2.69. The minimum atomic E-state index is -1.33. The average Bonchev–Trinajstić information content (AvgIpc) is 3.38. The first kappa shape index (κ1) is 22.3. The number of hydrogen-bond donors (Lipinski definition) is 2. The molecule has 5 atom stereocenters. The first-order chi connectivity index (χ1) is 16.2. The fourth-order valence-electron chi connectivity index (χ4n) is 6.84. The van der Waals surface area contributed by atoms with Gasteiger partial charge in [-0.2, -0.15) is 0 Å². The maximum absolute atomic E-state index is 13.5. The molecule has 0 radical (unpaired) electrons. The topological polar surface area (TPSA) is 90.3 Å². The van der Waals surface area contributed by atoms with Crippen molar-refractivity contribution < 1.29 is 24.5 Å². The molecule has 7 nitrogen and oxygen atoms in total. The van der Waals surface area contributed by atoms with Gasteiger partial charge in [-0.1, -0.05) is 0 Å². The van der Waals surface area contributed by atoms with E-state index in [0.717, 1.165) is 9.35 Å². The lowest BCUT2D eigenvalue weighted by Gasteiger charge is -2.63. The highest BCUT2D eigenvalue weighted by Gasteiger charge is 2.75. The lowest BCUT2D eigenvalue weighted by Crippen LogP contribution is -2.79. The summed E-state index contributed by atoms with van der Waals surface area (Å²) in [5.41, 5.74) is -1.05. The van der Waals surface area contributed by atoms with Gasteiger partial charge in [-0.05, 0) is 73.1 Å². The first-order valence-corrected chi connectivity index (χ1v) is 13.0. The van der Waals surface area contributed by atoms with Gasteiger partial charge in [0.2, 0.25) is 5.91 Å². The highest BCUT2D eigenvalue weighted by atomic mass is 79.9. The maximum atomic E-state index is 13.5. The monoisotopic (exact) mass is 544 g/mol. The van der Waals surface area contributed by atoms with Crippen molar-refractivity contribution in [2.75, 3.05) is 20.6 Å². The van der Waals surface area contributed by atoms with Crippen molar-refractivity contribution in [3.8, 4) is 11.5 Å². The van der Waals surface area contributed by atoms with Gasteiger partial charge < -0.3 is 19.8 Å². The number of likely N-dealkylation sites (tertiary alicyclic amines) is 1. The van der Waals surface area contributed by atoms with E-state index in [2.05, 4.69) is 15.9 Å². The normalized spacial score (nSPS) is 33.6. The molecule has 1 aromatic carbocycles. The van der Waals surface area contributed by atoms with E-state index in [0.29, 0.717) is 36.9 Å². The Kier molecular flexibility index (Phi) is 4.85. The average molecular weight is 545 g/mol. The molecule has 4 aliphatic rings. The molecular formula is C25H25BrN2O5S. The van der Waals surface area contributed by atoms with E-state index in [1.807, 2.05) is 23.4 Å². The number of halogens is 1. The molecular weight excluding hydrogens is 520 g/mol. The molecule has 1 aromatic heterocycles. The SMILES string of the molecule is CN1CC[C@]23c4c5ccc(O)c4O[C@H]2[C@@H](N(C)C(=O)/C=C/c2cc(Br)cs2)CC[C@@]3(O)[C@H]1C5=O. The highest BCUT2D eigenvalue weighted by Crippen LogP contribution is 2.65. The van der Waals surface area contributed by atoms with E-state index in [1.165, 1.54) is 6.07 Å². The Labute approximate surface area is 209 Å². The minimum absolute atomic E-state index is 0.0362. The van der Waals surface area contributed by atoms with Gasteiger partial charge in [0.15, 0.2) is 17.3 Å². The number of Topliss-reactive ketones (excluding diaryl/α,β-unsaturated/α-hetero) is 1. The summed E-state index contributed by atoms with van der Waals surface area (Å²) in [6, 6.07) is 4.10. The van der Waals surface area contributed by atoms with Gasteiger partial charge in [0.25, 0.3) is 0 Å². The number of piperidine rings is 1. The summed E-state index contributed by atoms with van der Waals surface area (Å²) in [6.07, 6.45) is 4.23. The number of aromatic hydroxyl groups is 1. The number of ketones is 1. The number of thiophene rings is 1.